The first-order valence-corrected chi connectivity index (χ1v) is 3.37. The van der Waals surface area contributed by atoms with E-state index in [0.29, 0.717) is 6.54 Å². The molecule has 0 unspecified atom stereocenters. The van der Waals surface area contributed by atoms with E-state index in [9.17, 15) is 0 Å². The molecule has 0 N–H and O–H groups in total. The highest BCUT2D eigenvalue weighted by atomic mass is 35.5. The molecule has 0 aliphatic carbocycles. The van der Waals surface area contributed by atoms with Gasteiger partial charge in [0.1, 0.15) is 0 Å². The normalized spacial score (nSPS) is 9.30. The highest BCUT2D eigenvalue weighted by Gasteiger charge is 1.88. The monoisotopic (exact) mass is 153 g/mol. The number of halogens is 1. The van der Waals surface area contributed by atoms with Gasteiger partial charge in [0.2, 0.25) is 0 Å². The Bertz CT molecular complexity index is 215. The van der Waals surface area contributed by atoms with Crippen LogP contribution in [0, 0.1) is 0 Å². The Morgan fingerprint density at radius 3 is 2.40 bits per heavy atom. The number of nitrogens with zero attached hydrogens (tertiary/aromatic N) is 1. The third-order valence-electron chi connectivity index (χ3n) is 1.21. The van der Waals surface area contributed by atoms with E-state index < -0.39 is 0 Å². The fourth-order valence-corrected chi connectivity index (χ4v) is 0.845. The van der Waals surface area contributed by atoms with Gasteiger partial charge < -0.3 is 0 Å². The van der Waals surface area contributed by atoms with E-state index in [1.54, 1.807) is 0 Å². The molecule has 52 valence electrons. The molecule has 0 saturated heterocycles. The maximum absolute atomic E-state index is 5.67. The van der Waals surface area contributed by atoms with Gasteiger partial charge in [-0.2, -0.15) is 0 Å². The van der Waals surface area contributed by atoms with E-state index in [1.165, 1.54) is 0 Å². The summed E-state index contributed by atoms with van der Waals surface area (Å²) in [6.45, 7) is 4.06. The van der Waals surface area contributed by atoms with Gasteiger partial charge in [-0.25, -0.2) is 0 Å². The lowest BCUT2D eigenvalue weighted by atomic mass is 10.2. The number of rotatable bonds is 2. The number of aliphatic imine (C=N–C) groups is 1. The van der Waals surface area contributed by atoms with Crippen molar-refractivity contribution in [3.05, 3.63) is 34.9 Å². The van der Waals surface area contributed by atoms with E-state index in [0.717, 1.165) is 10.6 Å². The van der Waals surface area contributed by atoms with E-state index >= 15 is 0 Å². The topological polar surface area (TPSA) is 12.4 Å². The molecule has 1 nitrogen and oxygen atoms in total. The van der Waals surface area contributed by atoms with Crippen LogP contribution in [0.3, 0.4) is 0 Å². The Hall–Kier alpha value is -0.820. The zero-order valence-corrected chi connectivity index (χ0v) is 6.30. The lowest BCUT2D eigenvalue weighted by Crippen LogP contribution is -1.77. The van der Waals surface area contributed by atoms with E-state index in [-0.39, 0.29) is 0 Å². The molecule has 0 fully saturated rings. The fraction of sp³-hybridized carbons (Fsp3) is 0.125. The quantitative estimate of drug-likeness (QED) is 0.579. The molecule has 0 heterocycles. The molecular formula is C8H8ClN. The minimum Gasteiger partial charge on any atom is -0.296 e. The first-order chi connectivity index (χ1) is 4.83. The van der Waals surface area contributed by atoms with Crippen LogP contribution in [-0.2, 0) is 6.54 Å². The Kier molecular flexibility index (Phi) is 2.46. The van der Waals surface area contributed by atoms with Crippen LogP contribution in [0.15, 0.2) is 29.3 Å². The molecule has 1 aromatic carbocycles. The minimum atomic E-state index is 0.664. The largest absolute Gasteiger partial charge is 0.296 e. The summed E-state index contributed by atoms with van der Waals surface area (Å²) in [4.78, 5) is 3.74. The second kappa shape index (κ2) is 3.37. The SMILES string of the molecule is C=NCc1ccc(Cl)cc1. The van der Waals surface area contributed by atoms with Crippen LogP contribution < -0.4 is 0 Å². The second-order valence-electron chi connectivity index (χ2n) is 2.01. The first kappa shape index (κ1) is 7.29. The van der Waals surface area contributed by atoms with Gasteiger partial charge in [0, 0.05) is 5.02 Å². The van der Waals surface area contributed by atoms with Crippen molar-refractivity contribution >= 4 is 18.3 Å². The molecule has 0 bridgehead atoms. The maximum atomic E-state index is 5.67. The summed E-state index contributed by atoms with van der Waals surface area (Å²) >= 11 is 5.67. The highest BCUT2D eigenvalue weighted by Crippen LogP contribution is 2.09. The molecule has 0 amide bonds. The predicted octanol–water partition coefficient (Wildman–Crippen LogP) is 2.54. The van der Waals surface area contributed by atoms with Crippen molar-refractivity contribution in [2.75, 3.05) is 0 Å². The van der Waals surface area contributed by atoms with E-state index in [1.807, 2.05) is 24.3 Å². The van der Waals surface area contributed by atoms with E-state index in [4.69, 9.17) is 11.6 Å². The smallest absolute Gasteiger partial charge is 0.0632 e. The van der Waals surface area contributed by atoms with Crippen LogP contribution in [0.25, 0.3) is 0 Å². The van der Waals surface area contributed by atoms with Crippen LogP contribution >= 0.6 is 11.6 Å². The standard InChI is InChI=1S/C8H8ClN/c1-10-6-7-2-4-8(9)5-3-7/h2-5H,1,6H2. The molecule has 1 aromatic rings. The van der Waals surface area contributed by atoms with Crippen LogP contribution in [0.4, 0.5) is 0 Å². The summed E-state index contributed by atoms with van der Waals surface area (Å²) in [6.07, 6.45) is 0. The summed E-state index contributed by atoms with van der Waals surface area (Å²) in [5.41, 5.74) is 1.14. The average Bonchev–Trinajstić information content (AvgIpc) is 1.95. The third-order valence-corrected chi connectivity index (χ3v) is 1.46. The highest BCUT2D eigenvalue weighted by molar-refractivity contribution is 6.30. The van der Waals surface area contributed by atoms with Gasteiger partial charge in [0.25, 0.3) is 0 Å². The van der Waals surface area contributed by atoms with Crippen molar-refractivity contribution < 1.29 is 0 Å². The van der Waals surface area contributed by atoms with Crippen molar-refractivity contribution in [1.82, 2.24) is 0 Å². The Morgan fingerprint density at radius 2 is 1.90 bits per heavy atom. The molecule has 2 heteroatoms. The van der Waals surface area contributed by atoms with Crippen LogP contribution in [0.1, 0.15) is 5.56 Å². The summed E-state index contributed by atoms with van der Waals surface area (Å²) < 4.78 is 0. The number of benzene rings is 1. The van der Waals surface area contributed by atoms with Gasteiger partial charge in [-0.3, -0.25) is 4.99 Å². The minimum absolute atomic E-state index is 0.664. The summed E-state index contributed by atoms with van der Waals surface area (Å²) in [5.74, 6) is 0. The van der Waals surface area contributed by atoms with Crippen LogP contribution in [0.5, 0.6) is 0 Å². The molecule has 0 aliphatic rings. The van der Waals surface area contributed by atoms with Crippen molar-refractivity contribution in [2.24, 2.45) is 4.99 Å². The van der Waals surface area contributed by atoms with Gasteiger partial charge in [-0.1, -0.05) is 23.7 Å². The number of hydrogen-bond donors (Lipinski definition) is 0. The zero-order valence-electron chi connectivity index (χ0n) is 5.55. The summed E-state index contributed by atoms with van der Waals surface area (Å²) in [7, 11) is 0. The lowest BCUT2D eigenvalue weighted by Gasteiger charge is -1.93. The van der Waals surface area contributed by atoms with Gasteiger partial charge in [0.05, 0.1) is 6.54 Å². The first-order valence-electron chi connectivity index (χ1n) is 3.00. The molecule has 0 aromatic heterocycles. The molecule has 10 heavy (non-hydrogen) atoms. The van der Waals surface area contributed by atoms with Gasteiger partial charge >= 0.3 is 0 Å². The van der Waals surface area contributed by atoms with Crippen LogP contribution in [-0.4, -0.2) is 6.72 Å². The van der Waals surface area contributed by atoms with Crippen LogP contribution in [0.2, 0.25) is 5.02 Å². The maximum Gasteiger partial charge on any atom is 0.0632 e. The van der Waals surface area contributed by atoms with Crippen molar-refractivity contribution in [2.45, 2.75) is 6.54 Å². The zero-order chi connectivity index (χ0) is 7.40. The Morgan fingerprint density at radius 1 is 1.30 bits per heavy atom. The van der Waals surface area contributed by atoms with Gasteiger partial charge in [-0.15, -0.1) is 0 Å². The molecule has 0 spiro atoms. The third kappa shape index (κ3) is 1.85. The Balaban J connectivity index is 2.78. The average molecular weight is 154 g/mol. The number of hydrogen-bond acceptors (Lipinski definition) is 1. The van der Waals surface area contributed by atoms with Crippen molar-refractivity contribution in [3.63, 3.8) is 0 Å². The second-order valence-corrected chi connectivity index (χ2v) is 2.44. The predicted molar refractivity (Wildman–Crippen MR) is 44.7 cm³/mol. The van der Waals surface area contributed by atoms with Crippen molar-refractivity contribution in [1.29, 1.82) is 0 Å². The molecular weight excluding hydrogens is 146 g/mol. The fourth-order valence-electron chi connectivity index (χ4n) is 0.719. The molecule has 0 atom stereocenters. The van der Waals surface area contributed by atoms with Gasteiger partial charge in [0.15, 0.2) is 0 Å². The molecule has 0 radical (unpaired) electrons. The molecule has 0 saturated carbocycles. The van der Waals surface area contributed by atoms with Crippen molar-refractivity contribution in [3.8, 4) is 0 Å². The molecule has 1 rings (SSSR count). The van der Waals surface area contributed by atoms with Gasteiger partial charge in [-0.05, 0) is 24.4 Å². The van der Waals surface area contributed by atoms with E-state index in [2.05, 4.69) is 11.7 Å². The summed E-state index contributed by atoms with van der Waals surface area (Å²) in [5, 5.41) is 0.757. The Labute approximate surface area is 65.4 Å². The lowest BCUT2D eigenvalue weighted by molar-refractivity contribution is 1.08. The molecule has 0 aliphatic heterocycles. The summed E-state index contributed by atoms with van der Waals surface area (Å²) in [6, 6.07) is 7.58.